The molecule has 33 heavy (non-hydrogen) atoms. The quantitative estimate of drug-likeness (QED) is 0.464. The van der Waals surface area contributed by atoms with Gasteiger partial charge in [0.05, 0.1) is 25.1 Å². The van der Waals surface area contributed by atoms with E-state index in [9.17, 15) is 9.90 Å². The number of anilines is 1. The van der Waals surface area contributed by atoms with Crippen molar-refractivity contribution in [2.45, 2.75) is 26.3 Å². The molecule has 1 fully saturated rings. The number of rotatable bonds is 8. The predicted octanol–water partition coefficient (Wildman–Crippen LogP) is 4.77. The van der Waals surface area contributed by atoms with Crippen molar-refractivity contribution in [3.05, 3.63) is 53.5 Å². The molecule has 3 aromatic rings. The number of hydrogen-bond acceptors (Lipinski definition) is 7. The Labute approximate surface area is 198 Å². The number of thiazole rings is 1. The number of methoxy groups -OCH3 is 1. The van der Waals surface area contributed by atoms with Crippen LogP contribution in [-0.4, -0.2) is 47.7 Å². The fourth-order valence-electron chi connectivity index (χ4n) is 3.98. The van der Waals surface area contributed by atoms with Gasteiger partial charge in [0, 0.05) is 23.4 Å². The van der Waals surface area contributed by atoms with Crippen molar-refractivity contribution in [1.82, 2.24) is 9.88 Å². The minimum absolute atomic E-state index is 0.0310. The third-order valence-electron chi connectivity index (χ3n) is 5.77. The number of para-hydroxylation sites is 2. The van der Waals surface area contributed by atoms with Gasteiger partial charge in [-0.25, -0.2) is 4.98 Å². The molecule has 2 heterocycles. The van der Waals surface area contributed by atoms with E-state index in [2.05, 4.69) is 15.6 Å². The topological polar surface area (TPSA) is 83.9 Å². The van der Waals surface area contributed by atoms with Crippen LogP contribution in [0.2, 0.25) is 0 Å². The highest BCUT2D eigenvalue weighted by Gasteiger charge is 2.26. The molecule has 0 aliphatic carbocycles. The Morgan fingerprint density at radius 1 is 1.21 bits per heavy atom. The number of aromatic nitrogens is 1. The number of nitrogens with one attached hydrogen (secondary N) is 1. The summed E-state index contributed by atoms with van der Waals surface area (Å²) in [4.78, 5) is 19.7. The van der Waals surface area contributed by atoms with Gasteiger partial charge in [-0.05, 0) is 63.2 Å². The Kier molecular flexibility index (Phi) is 7.47. The van der Waals surface area contributed by atoms with Gasteiger partial charge >= 0.3 is 0 Å². The van der Waals surface area contributed by atoms with E-state index < -0.39 is 0 Å². The van der Waals surface area contributed by atoms with Crippen LogP contribution in [0.4, 0.5) is 5.69 Å². The van der Waals surface area contributed by atoms with Crippen molar-refractivity contribution in [3.8, 4) is 27.8 Å². The van der Waals surface area contributed by atoms with Crippen molar-refractivity contribution in [2.75, 3.05) is 32.1 Å². The van der Waals surface area contributed by atoms with Crippen LogP contribution in [0.3, 0.4) is 0 Å². The van der Waals surface area contributed by atoms with Crippen LogP contribution in [0.15, 0.2) is 47.8 Å². The molecule has 174 valence electrons. The second-order valence-corrected chi connectivity index (χ2v) is 8.86. The van der Waals surface area contributed by atoms with Crippen LogP contribution in [0.1, 0.15) is 25.5 Å². The number of ether oxygens (including phenoxy) is 2. The molecular formula is C25H29N3O4S. The zero-order valence-electron chi connectivity index (χ0n) is 18.9. The number of aromatic hydroxyl groups is 1. The first-order valence-electron chi connectivity index (χ1n) is 11.1. The average Bonchev–Trinajstić information content (AvgIpc) is 3.30. The number of phenols is 1. The number of phenolic OH excluding ortho intramolecular Hbond substituents is 1. The van der Waals surface area contributed by atoms with Gasteiger partial charge in [0.2, 0.25) is 5.91 Å². The first kappa shape index (κ1) is 23.1. The summed E-state index contributed by atoms with van der Waals surface area (Å²) in [6.07, 6.45) is 1.57. The van der Waals surface area contributed by atoms with Gasteiger partial charge in [0.1, 0.15) is 10.8 Å². The maximum absolute atomic E-state index is 12.6. The van der Waals surface area contributed by atoms with Crippen LogP contribution in [0.25, 0.3) is 10.6 Å². The van der Waals surface area contributed by atoms with Crippen LogP contribution in [-0.2, 0) is 11.3 Å². The van der Waals surface area contributed by atoms with Gasteiger partial charge in [0.25, 0.3) is 0 Å². The summed E-state index contributed by atoms with van der Waals surface area (Å²) in [5, 5.41) is 15.8. The molecule has 1 saturated heterocycles. The van der Waals surface area contributed by atoms with Crippen LogP contribution >= 0.6 is 11.3 Å². The predicted molar refractivity (Wildman–Crippen MR) is 130 cm³/mol. The molecule has 0 spiro atoms. The summed E-state index contributed by atoms with van der Waals surface area (Å²) >= 11 is 1.62. The standard InChI is InChI=1S/C25H29N3O4S/c1-3-32-22-9-8-18(14-23(22)31-2)25-26-19(16-33-25)15-28-12-10-17(11-13-28)24(30)27-20-6-4-5-7-21(20)29/h4-9,14,16-17,29H,3,10-13,15H2,1-2H3,(H,27,30). The number of piperidine rings is 1. The maximum atomic E-state index is 12.6. The molecule has 1 amide bonds. The van der Waals surface area contributed by atoms with E-state index in [1.807, 2.05) is 25.1 Å². The summed E-state index contributed by atoms with van der Waals surface area (Å²) in [5.41, 5.74) is 2.50. The number of nitrogens with zero attached hydrogens (tertiary/aromatic N) is 2. The normalized spacial score (nSPS) is 14.7. The molecule has 1 aliphatic heterocycles. The molecule has 0 atom stereocenters. The van der Waals surface area contributed by atoms with Gasteiger partial charge in [-0.1, -0.05) is 12.1 Å². The highest BCUT2D eigenvalue weighted by molar-refractivity contribution is 7.13. The lowest BCUT2D eigenvalue weighted by molar-refractivity contribution is -0.121. The minimum Gasteiger partial charge on any atom is -0.506 e. The SMILES string of the molecule is CCOc1ccc(-c2nc(CN3CCC(C(=O)Nc4ccccc4O)CC3)cs2)cc1OC. The third kappa shape index (κ3) is 5.64. The highest BCUT2D eigenvalue weighted by atomic mass is 32.1. The van der Waals surface area contributed by atoms with Crippen LogP contribution in [0, 0.1) is 5.92 Å². The van der Waals surface area contributed by atoms with Gasteiger partial charge in [-0.2, -0.15) is 0 Å². The molecule has 2 aromatic carbocycles. The fraction of sp³-hybridized carbons (Fsp3) is 0.360. The lowest BCUT2D eigenvalue weighted by Gasteiger charge is -2.30. The summed E-state index contributed by atoms with van der Waals surface area (Å²) in [6.45, 7) is 4.97. The van der Waals surface area contributed by atoms with E-state index in [0.29, 0.717) is 18.0 Å². The number of benzene rings is 2. The Hall–Kier alpha value is -3.10. The molecule has 1 aromatic heterocycles. The lowest BCUT2D eigenvalue weighted by Crippen LogP contribution is -2.37. The van der Waals surface area contributed by atoms with Gasteiger partial charge < -0.3 is 19.9 Å². The zero-order chi connectivity index (χ0) is 23.2. The minimum atomic E-state index is -0.0526. The Bertz CT molecular complexity index is 1090. The number of amides is 1. The second kappa shape index (κ2) is 10.7. The Morgan fingerprint density at radius 3 is 2.73 bits per heavy atom. The first-order chi connectivity index (χ1) is 16.1. The molecule has 0 unspecified atom stereocenters. The van der Waals surface area contributed by atoms with E-state index in [0.717, 1.165) is 54.5 Å². The largest absolute Gasteiger partial charge is 0.506 e. The first-order valence-corrected chi connectivity index (χ1v) is 12.0. The number of likely N-dealkylation sites (tertiary alicyclic amines) is 1. The number of carbonyl (C=O) groups is 1. The van der Waals surface area contributed by atoms with Gasteiger partial charge in [0.15, 0.2) is 11.5 Å². The monoisotopic (exact) mass is 467 g/mol. The molecule has 7 nitrogen and oxygen atoms in total. The van der Waals surface area contributed by atoms with Crippen molar-refractivity contribution in [1.29, 1.82) is 0 Å². The van der Waals surface area contributed by atoms with Crippen molar-refractivity contribution in [3.63, 3.8) is 0 Å². The molecule has 0 bridgehead atoms. The maximum Gasteiger partial charge on any atom is 0.227 e. The van der Waals surface area contributed by atoms with Crippen molar-refractivity contribution >= 4 is 22.9 Å². The van der Waals surface area contributed by atoms with Crippen LogP contribution in [0.5, 0.6) is 17.2 Å². The molecule has 0 radical (unpaired) electrons. The average molecular weight is 468 g/mol. The summed E-state index contributed by atoms with van der Waals surface area (Å²) < 4.78 is 11.1. The fourth-order valence-corrected chi connectivity index (χ4v) is 4.79. The summed E-state index contributed by atoms with van der Waals surface area (Å²) in [6, 6.07) is 12.7. The lowest BCUT2D eigenvalue weighted by atomic mass is 9.95. The smallest absolute Gasteiger partial charge is 0.227 e. The Balaban J connectivity index is 1.32. The van der Waals surface area contributed by atoms with E-state index in [4.69, 9.17) is 14.5 Å². The second-order valence-electron chi connectivity index (χ2n) is 8.00. The molecular weight excluding hydrogens is 438 g/mol. The van der Waals surface area contributed by atoms with E-state index in [1.165, 1.54) is 0 Å². The molecule has 8 heteroatoms. The third-order valence-corrected chi connectivity index (χ3v) is 6.71. The van der Waals surface area contributed by atoms with Crippen molar-refractivity contribution in [2.24, 2.45) is 5.92 Å². The van der Waals surface area contributed by atoms with Crippen LogP contribution < -0.4 is 14.8 Å². The van der Waals surface area contributed by atoms with E-state index in [-0.39, 0.29) is 17.6 Å². The highest BCUT2D eigenvalue weighted by Crippen LogP contribution is 2.34. The van der Waals surface area contributed by atoms with Crippen molar-refractivity contribution < 1.29 is 19.4 Å². The molecule has 4 rings (SSSR count). The van der Waals surface area contributed by atoms with Gasteiger partial charge in [-0.15, -0.1) is 11.3 Å². The zero-order valence-corrected chi connectivity index (χ0v) is 19.7. The molecule has 1 aliphatic rings. The number of carbonyl (C=O) groups excluding carboxylic acids is 1. The molecule has 2 N–H and O–H groups in total. The Morgan fingerprint density at radius 2 is 2.00 bits per heavy atom. The number of hydrogen-bond donors (Lipinski definition) is 2. The van der Waals surface area contributed by atoms with E-state index >= 15 is 0 Å². The summed E-state index contributed by atoms with van der Waals surface area (Å²) in [5.74, 6) is 1.44. The van der Waals surface area contributed by atoms with Gasteiger partial charge in [-0.3, -0.25) is 9.69 Å². The molecule has 0 saturated carbocycles. The van der Waals surface area contributed by atoms with E-state index in [1.54, 1.807) is 42.7 Å². The summed E-state index contributed by atoms with van der Waals surface area (Å²) in [7, 11) is 1.64.